The van der Waals surface area contributed by atoms with Crippen LogP contribution in [0.4, 0.5) is 10.1 Å². The third kappa shape index (κ3) is 2.95. The predicted octanol–water partition coefficient (Wildman–Crippen LogP) is 3.47. The topological polar surface area (TPSA) is 100 Å². The van der Waals surface area contributed by atoms with Crippen LogP contribution in [0.3, 0.4) is 0 Å². The number of primary amides is 1. The number of nitriles is 1. The molecule has 6 nitrogen and oxygen atoms in total. The van der Waals surface area contributed by atoms with E-state index in [2.05, 4.69) is 11.1 Å². The summed E-state index contributed by atoms with van der Waals surface area (Å²) in [6.45, 7) is 0. The van der Waals surface area contributed by atoms with Gasteiger partial charge in [-0.3, -0.25) is 14.6 Å². The smallest absolute Gasteiger partial charge is 0.241 e. The van der Waals surface area contributed by atoms with Gasteiger partial charge in [0.2, 0.25) is 5.91 Å². The highest BCUT2D eigenvalue weighted by Crippen LogP contribution is 2.55. The predicted molar refractivity (Wildman–Crippen MR) is 120 cm³/mol. The van der Waals surface area contributed by atoms with Gasteiger partial charge in [0.1, 0.15) is 11.9 Å². The van der Waals surface area contributed by atoms with E-state index >= 15 is 0 Å². The molecule has 0 spiro atoms. The fourth-order valence-corrected chi connectivity index (χ4v) is 5.16. The van der Waals surface area contributed by atoms with Gasteiger partial charge in [0.05, 0.1) is 12.1 Å². The average Bonchev–Trinajstić information content (AvgIpc) is 3.16. The highest BCUT2D eigenvalue weighted by atomic mass is 19.1. The molecule has 2 N–H and O–H groups in total. The first-order chi connectivity index (χ1) is 16.0. The number of nitrogens with two attached hydrogens (primary N) is 1. The van der Waals surface area contributed by atoms with Crippen molar-refractivity contribution >= 4 is 23.5 Å². The molecule has 1 aromatic heterocycles. The van der Waals surface area contributed by atoms with Crippen molar-refractivity contribution in [3.05, 3.63) is 102 Å². The lowest BCUT2D eigenvalue weighted by atomic mass is 9.68. The molecular weight excluding hydrogens is 419 g/mol. The van der Waals surface area contributed by atoms with Gasteiger partial charge in [0, 0.05) is 35.1 Å². The van der Waals surface area contributed by atoms with E-state index in [1.165, 1.54) is 12.1 Å². The van der Waals surface area contributed by atoms with Gasteiger partial charge in [0.25, 0.3) is 0 Å². The van der Waals surface area contributed by atoms with Gasteiger partial charge >= 0.3 is 0 Å². The normalized spacial score (nSPS) is 25.1. The van der Waals surface area contributed by atoms with E-state index in [4.69, 9.17) is 5.73 Å². The minimum absolute atomic E-state index is 0.265. The summed E-state index contributed by atoms with van der Waals surface area (Å²) in [6.07, 6.45) is 6.47. The SMILES string of the molecule is N#C[C@@]1(C(N)=O)[C@H](c2cccnc2)[C@H](C(=O)c2ccccc2)N2c3ccc(F)cc3C=C[C@@H]21. The quantitative estimate of drug-likeness (QED) is 0.629. The Morgan fingerprint density at radius 1 is 1.12 bits per heavy atom. The Hall–Kier alpha value is -4.31. The number of amides is 1. The van der Waals surface area contributed by atoms with E-state index in [-0.39, 0.29) is 5.78 Å². The van der Waals surface area contributed by atoms with E-state index < -0.39 is 35.1 Å². The number of rotatable bonds is 4. The van der Waals surface area contributed by atoms with Crippen molar-refractivity contribution in [1.82, 2.24) is 4.98 Å². The van der Waals surface area contributed by atoms with Crippen LogP contribution in [0.2, 0.25) is 0 Å². The first kappa shape index (κ1) is 20.6. The van der Waals surface area contributed by atoms with Crippen LogP contribution in [0.5, 0.6) is 0 Å². The molecule has 5 rings (SSSR count). The van der Waals surface area contributed by atoms with E-state index in [9.17, 15) is 19.2 Å². The number of benzene rings is 2. The first-order valence-electron chi connectivity index (χ1n) is 10.5. The Labute approximate surface area is 189 Å². The van der Waals surface area contributed by atoms with Crippen LogP contribution >= 0.6 is 0 Å². The number of Topliss-reactive ketones (excluding diaryl/α,β-unsaturated/α-hetero) is 1. The summed E-state index contributed by atoms with van der Waals surface area (Å²) in [5, 5.41) is 10.4. The number of halogens is 1. The van der Waals surface area contributed by atoms with Crippen LogP contribution in [0.25, 0.3) is 6.08 Å². The Morgan fingerprint density at radius 2 is 1.91 bits per heavy atom. The fourth-order valence-electron chi connectivity index (χ4n) is 5.16. The van der Waals surface area contributed by atoms with Gasteiger partial charge in [-0.2, -0.15) is 5.26 Å². The van der Waals surface area contributed by atoms with Crippen LogP contribution in [-0.4, -0.2) is 28.8 Å². The first-order valence-corrected chi connectivity index (χ1v) is 10.5. The molecule has 1 saturated heterocycles. The minimum Gasteiger partial charge on any atom is -0.368 e. The number of anilines is 1. The molecule has 162 valence electrons. The number of fused-ring (bicyclic) bond motifs is 3. The van der Waals surface area contributed by atoms with Crippen molar-refractivity contribution in [2.24, 2.45) is 11.1 Å². The lowest BCUT2D eigenvalue weighted by Gasteiger charge is -2.36. The number of pyridine rings is 1. The Morgan fingerprint density at radius 3 is 2.58 bits per heavy atom. The molecule has 1 amide bonds. The highest BCUT2D eigenvalue weighted by molar-refractivity contribution is 6.06. The monoisotopic (exact) mass is 438 g/mol. The molecule has 0 bridgehead atoms. The largest absolute Gasteiger partial charge is 0.368 e. The molecule has 0 radical (unpaired) electrons. The highest BCUT2D eigenvalue weighted by Gasteiger charge is 2.65. The van der Waals surface area contributed by atoms with Gasteiger partial charge < -0.3 is 10.6 Å². The molecule has 0 aliphatic carbocycles. The zero-order valence-electron chi connectivity index (χ0n) is 17.4. The summed E-state index contributed by atoms with van der Waals surface area (Å²) in [4.78, 5) is 32.9. The molecular formula is C26H19FN4O2. The maximum atomic E-state index is 14.0. The summed E-state index contributed by atoms with van der Waals surface area (Å²) in [5.74, 6) is -2.41. The van der Waals surface area contributed by atoms with Gasteiger partial charge in [0.15, 0.2) is 11.2 Å². The zero-order chi connectivity index (χ0) is 23.2. The number of aromatic nitrogens is 1. The average molecular weight is 438 g/mol. The van der Waals surface area contributed by atoms with E-state index in [1.54, 1.807) is 78.0 Å². The Balaban J connectivity index is 1.81. The van der Waals surface area contributed by atoms with Crippen LogP contribution in [0.1, 0.15) is 27.4 Å². The Kier molecular flexibility index (Phi) is 4.79. The van der Waals surface area contributed by atoms with E-state index in [0.29, 0.717) is 22.4 Å². The van der Waals surface area contributed by atoms with Gasteiger partial charge in [-0.25, -0.2) is 4.39 Å². The van der Waals surface area contributed by atoms with Crippen molar-refractivity contribution in [2.45, 2.75) is 18.0 Å². The Bertz CT molecular complexity index is 1320. The molecule has 2 aliphatic rings. The second kappa shape index (κ2) is 7.68. The molecule has 3 heterocycles. The maximum Gasteiger partial charge on any atom is 0.241 e. The molecule has 2 aromatic carbocycles. The number of carbonyl (C=O) groups excluding carboxylic acids is 2. The molecule has 1 fully saturated rings. The molecule has 2 aliphatic heterocycles. The van der Waals surface area contributed by atoms with Crippen molar-refractivity contribution < 1.29 is 14.0 Å². The summed E-state index contributed by atoms with van der Waals surface area (Å²) < 4.78 is 14.0. The van der Waals surface area contributed by atoms with Crippen LogP contribution in [0.15, 0.2) is 79.1 Å². The number of nitrogens with zero attached hydrogens (tertiary/aromatic N) is 3. The summed E-state index contributed by atoms with van der Waals surface area (Å²) in [6, 6.07) is 16.8. The van der Waals surface area contributed by atoms with E-state index in [0.717, 1.165) is 0 Å². The third-order valence-corrected chi connectivity index (χ3v) is 6.56. The van der Waals surface area contributed by atoms with Crippen LogP contribution in [-0.2, 0) is 4.79 Å². The molecule has 0 saturated carbocycles. The van der Waals surface area contributed by atoms with Crippen molar-refractivity contribution in [1.29, 1.82) is 5.26 Å². The lowest BCUT2D eigenvalue weighted by Crippen LogP contribution is -2.49. The second-order valence-corrected chi connectivity index (χ2v) is 8.20. The van der Waals surface area contributed by atoms with Crippen LogP contribution < -0.4 is 10.6 Å². The van der Waals surface area contributed by atoms with Gasteiger partial charge in [-0.1, -0.05) is 48.6 Å². The zero-order valence-corrected chi connectivity index (χ0v) is 17.4. The standard InChI is InChI=1S/C26H19FN4O2/c27-19-9-10-20-17(13-19)8-11-21-26(15-28,25(29)33)22(18-7-4-12-30-14-18)23(31(20)21)24(32)16-5-2-1-3-6-16/h1-14,21-23H,(H2,29,33)/t21-,22-,23-,26+/m1/s1. The summed E-state index contributed by atoms with van der Waals surface area (Å²) in [7, 11) is 0. The molecule has 0 unspecified atom stereocenters. The number of hydrogen-bond donors (Lipinski definition) is 1. The molecule has 3 aromatic rings. The second-order valence-electron chi connectivity index (χ2n) is 8.20. The summed E-state index contributed by atoms with van der Waals surface area (Å²) >= 11 is 0. The fraction of sp³-hybridized carbons (Fsp3) is 0.154. The maximum absolute atomic E-state index is 14.0. The van der Waals surface area contributed by atoms with Crippen LogP contribution in [0, 0.1) is 22.6 Å². The lowest BCUT2D eigenvalue weighted by molar-refractivity contribution is -0.125. The third-order valence-electron chi connectivity index (χ3n) is 6.56. The van der Waals surface area contributed by atoms with Crippen molar-refractivity contribution in [2.75, 3.05) is 4.90 Å². The van der Waals surface area contributed by atoms with E-state index in [1.807, 2.05) is 0 Å². The van der Waals surface area contributed by atoms with Gasteiger partial charge in [-0.15, -0.1) is 0 Å². The summed E-state index contributed by atoms with van der Waals surface area (Å²) in [5.41, 5.74) is 6.27. The molecule has 33 heavy (non-hydrogen) atoms. The molecule has 4 atom stereocenters. The van der Waals surface area contributed by atoms with Gasteiger partial charge in [-0.05, 0) is 29.8 Å². The number of hydrogen-bond acceptors (Lipinski definition) is 5. The van der Waals surface area contributed by atoms with Crippen molar-refractivity contribution in [3.63, 3.8) is 0 Å². The minimum atomic E-state index is -1.75. The number of ketones is 1. The molecule has 7 heteroatoms. The number of carbonyl (C=O) groups is 2. The van der Waals surface area contributed by atoms with Crippen molar-refractivity contribution in [3.8, 4) is 6.07 Å².